The Morgan fingerprint density at radius 2 is 2.00 bits per heavy atom. The van der Waals surface area contributed by atoms with Gasteiger partial charge in [-0.25, -0.2) is 0 Å². The van der Waals surface area contributed by atoms with Crippen molar-refractivity contribution in [2.75, 3.05) is 0 Å². The van der Waals surface area contributed by atoms with Gasteiger partial charge in [-0.1, -0.05) is 42.5 Å². The molecule has 0 aliphatic rings. The van der Waals surface area contributed by atoms with Crippen LogP contribution in [-0.2, 0) is 12.3 Å². The molecular formula is C12H11ClN4S. The van der Waals surface area contributed by atoms with E-state index in [1.54, 1.807) is 11.3 Å². The molecule has 0 bridgehead atoms. The second-order valence-electron chi connectivity index (χ2n) is 3.90. The highest BCUT2D eigenvalue weighted by atomic mass is 35.5. The number of fused-ring (bicyclic) bond motifs is 1. The van der Waals surface area contributed by atoms with Crippen LogP contribution in [0.15, 0.2) is 24.3 Å². The van der Waals surface area contributed by atoms with Crippen LogP contribution in [0.2, 0.25) is 0 Å². The molecular weight excluding hydrogens is 268 g/mol. The highest BCUT2D eigenvalue weighted by Crippen LogP contribution is 2.25. The predicted molar refractivity (Wildman–Crippen MR) is 73.0 cm³/mol. The maximum Gasteiger partial charge on any atom is 0.234 e. The first kappa shape index (κ1) is 11.6. The van der Waals surface area contributed by atoms with E-state index in [2.05, 4.69) is 15.3 Å². The lowest BCUT2D eigenvalue weighted by Gasteiger charge is -1.97. The van der Waals surface area contributed by atoms with Crippen molar-refractivity contribution in [2.24, 2.45) is 0 Å². The molecule has 0 atom stereocenters. The van der Waals surface area contributed by atoms with Gasteiger partial charge in [-0.05, 0) is 5.56 Å². The Kier molecular flexibility index (Phi) is 3.01. The van der Waals surface area contributed by atoms with Gasteiger partial charge in [0.05, 0.1) is 0 Å². The van der Waals surface area contributed by atoms with Gasteiger partial charge < -0.3 is 0 Å². The Balaban J connectivity index is 2.04. The van der Waals surface area contributed by atoms with Gasteiger partial charge in [-0.2, -0.15) is 9.61 Å². The van der Waals surface area contributed by atoms with Crippen molar-refractivity contribution < 1.29 is 0 Å². The van der Waals surface area contributed by atoms with Crippen molar-refractivity contribution >= 4 is 27.9 Å². The Morgan fingerprint density at radius 3 is 2.67 bits per heavy atom. The van der Waals surface area contributed by atoms with Crippen molar-refractivity contribution in [1.82, 2.24) is 19.8 Å². The number of aromatic nitrogens is 4. The fourth-order valence-electron chi connectivity index (χ4n) is 1.73. The largest absolute Gasteiger partial charge is 0.234 e. The molecule has 2 aromatic heterocycles. The van der Waals surface area contributed by atoms with Crippen molar-refractivity contribution in [3.05, 3.63) is 35.7 Å². The van der Waals surface area contributed by atoms with E-state index in [1.807, 2.05) is 35.7 Å². The number of hydrogen-bond donors (Lipinski definition) is 0. The summed E-state index contributed by atoms with van der Waals surface area (Å²) >= 11 is 7.32. The second-order valence-corrected chi connectivity index (χ2v) is 5.13. The molecule has 0 fully saturated rings. The lowest BCUT2D eigenvalue weighted by molar-refractivity contribution is 0.838. The predicted octanol–water partition coefficient (Wildman–Crippen LogP) is 3.15. The highest BCUT2D eigenvalue weighted by Gasteiger charge is 2.11. The van der Waals surface area contributed by atoms with Gasteiger partial charge in [0.2, 0.25) is 4.96 Å². The molecule has 0 N–H and O–H groups in total. The lowest BCUT2D eigenvalue weighted by Crippen LogP contribution is -1.93. The number of halogens is 1. The first-order valence-corrected chi connectivity index (χ1v) is 7.03. The Labute approximate surface area is 113 Å². The summed E-state index contributed by atoms with van der Waals surface area (Å²) in [6.45, 7) is 2.05. The summed E-state index contributed by atoms with van der Waals surface area (Å²) in [5.41, 5.74) is 2.19. The maximum atomic E-state index is 5.78. The third kappa shape index (κ3) is 1.89. The normalized spacial score (nSPS) is 11.2. The molecule has 0 aliphatic heterocycles. The van der Waals surface area contributed by atoms with Gasteiger partial charge in [0.25, 0.3) is 0 Å². The number of aryl methyl sites for hydroxylation is 1. The number of nitrogens with zero attached hydrogens (tertiary/aromatic N) is 4. The molecule has 0 unspecified atom stereocenters. The zero-order chi connectivity index (χ0) is 12.5. The van der Waals surface area contributed by atoms with Crippen LogP contribution >= 0.6 is 22.9 Å². The topological polar surface area (TPSA) is 43.1 Å². The summed E-state index contributed by atoms with van der Waals surface area (Å²) in [4.78, 5) is 0.836. The maximum absolute atomic E-state index is 5.78. The Morgan fingerprint density at radius 1 is 1.22 bits per heavy atom. The highest BCUT2D eigenvalue weighted by molar-refractivity contribution is 7.19. The number of benzene rings is 1. The molecule has 2 heterocycles. The molecule has 0 spiro atoms. The van der Waals surface area contributed by atoms with Crippen LogP contribution in [0.25, 0.3) is 15.5 Å². The van der Waals surface area contributed by atoms with E-state index in [0.717, 1.165) is 33.3 Å². The second kappa shape index (κ2) is 4.66. The fourth-order valence-corrected chi connectivity index (χ4v) is 2.77. The molecule has 3 rings (SSSR count). The van der Waals surface area contributed by atoms with E-state index in [-0.39, 0.29) is 0 Å². The summed E-state index contributed by atoms with van der Waals surface area (Å²) < 4.78 is 1.81. The van der Waals surface area contributed by atoms with Crippen LogP contribution in [0.1, 0.15) is 18.3 Å². The van der Waals surface area contributed by atoms with Crippen LogP contribution in [0.3, 0.4) is 0 Å². The summed E-state index contributed by atoms with van der Waals surface area (Å²) in [6, 6.07) is 8.11. The van der Waals surface area contributed by atoms with Crippen molar-refractivity contribution in [3.63, 3.8) is 0 Å². The monoisotopic (exact) mass is 278 g/mol. The fraction of sp³-hybridized carbons (Fsp3) is 0.250. The van der Waals surface area contributed by atoms with Gasteiger partial charge >= 0.3 is 0 Å². The number of hydrogen-bond acceptors (Lipinski definition) is 4. The van der Waals surface area contributed by atoms with E-state index in [0.29, 0.717) is 5.88 Å². The molecule has 0 radical (unpaired) electrons. The summed E-state index contributed by atoms with van der Waals surface area (Å²) in [5, 5.41) is 13.7. The molecule has 4 nitrogen and oxygen atoms in total. The molecule has 1 aromatic carbocycles. The Bertz CT molecular complexity index is 671. The van der Waals surface area contributed by atoms with Crippen LogP contribution < -0.4 is 0 Å². The van der Waals surface area contributed by atoms with Gasteiger partial charge in [-0.15, -0.1) is 21.8 Å². The minimum absolute atomic E-state index is 0.533. The molecule has 6 heteroatoms. The quantitative estimate of drug-likeness (QED) is 0.691. The van der Waals surface area contributed by atoms with Crippen LogP contribution in [0.5, 0.6) is 0 Å². The molecule has 0 aliphatic carbocycles. The first-order valence-electron chi connectivity index (χ1n) is 5.68. The van der Waals surface area contributed by atoms with E-state index in [9.17, 15) is 0 Å². The third-order valence-corrected chi connectivity index (χ3v) is 3.98. The van der Waals surface area contributed by atoms with Crippen molar-refractivity contribution in [3.8, 4) is 10.6 Å². The summed E-state index contributed by atoms with van der Waals surface area (Å²) in [6.07, 6.45) is 0.829. The standard InChI is InChI=1S/C12H11ClN4S/c1-2-10-14-15-12-17(10)16-11(18-12)9-5-3-8(7-13)4-6-9/h3-6H,2,7H2,1H3. The van der Waals surface area contributed by atoms with Crippen molar-refractivity contribution in [2.45, 2.75) is 19.2 Å². The van der Waals surface area contributed by atoms with Crippen LogP contribution in [0.4, 0.5) is 0 Å². The summed E-state index contributed by atoms with van der Waals surface area (Å²) in [7, 11) is 0. The van der Waals surface area contributed by atoms with E-state index >= 15 is 0 Å². The number of alkyl halides is 1. The van der Waals surface area contributed by atoms with Crippen molar-refractivity contribution in [1.29, 1.82) is 0 Å². The van der Waals surface area contributed by atoms with Crippen LogP contribution in [-0.4, -0.2) is 19.8 Å². The van der Waals surface area contributed by atoms with Gasteiger partial charge in [-0.3, -0.25) is 0 Å². The molecule has 18 heavy (non-hydrogen) atoms. The average molecular weight is 279 g/mol. The van der Waals surface area contributed by atoms with E-state index in [1.165, 1.54) is 0 Å². The zero-order valence-electron chi connectivity index (χ0n) is 9.80. The molecule has 0 amide bonds. The molecule has 92 valence electrons. The molecule has 0 saturated carbocycles. The van der Waals surface area contributed by atoms with E-state index < -0.39 is 0 Å². The molecule has 3 aromatic rings. The summed E-state index contributed by atoms with van der Waals surface area (Å²) in [5.74, 6) is 1.43. The average Bonchev–Trinajstić information content (AvgIpc) is 2.98. The smallest absolute Gasteiger partial charge is 0.187 e. The SMILES string of the molecule is CCc1nnc2sc(-c3ccc(CCl)cc3)nn12. The zero-order valence-corrected chi connectivity index (χ0v) is 11.4. The minimum atomic E-state index is 0.533. The van der Waals surface area contributed by atoms with E-state index in [4.69, 9.17) is 11.6 Å². The van der Waals surface area contributed by atoms with Crippen LogP contribution in [0, 0.1) is 0 Å². The molecule has 0 saturated heterocycles. The lowest BCUT2D eigenvalue weighted by atomic mass is 10.2. The minimum Gasteiger partial charge on any atom is -0.187 e. The van der Waals surface area contributed by atoms with Gasteiger partial charge in [0.15, 0.2) is 5.82 Å². The Hall–Kier alpha value is -1.46. The first-order chi connectivity index (χ1) is 8.81. The van der Waals surface area contributed by atoms with Gasteiger partial charge in [0.1, 0.15) is 5.01 Å². The number of rotatable bonds is 3. The third-order valence-electron chi connectivity index (χ3n) is 2.73. The van der Waals surface area contributed by atoms with Gasteiger partial charge in [0, 0.05) is 17.9 Å².